The van der Waals surface area contributed by atoms with E-state index in [4.69, 9.17) is 10.5 Å². The van der Waals surface area contributed by atoms with Crippen LogP contribution in [0.5, 0.6) is 0 Å². The second-order valence-corrected chi connectivity index (χ2v) is 5.78. The Hall–Kier alpha value is -0.120. The van der Waals surface area contributed by atoms with Gasteiger partial charge in [0.1, 0.15) is 0 Å². The number of ether oxygens (including phenoxy) is 1. The van der Waals surface area contributed by atoms with Crippen molar-refractivity contribution in [1.29, 1.82) is 0 Å². The molecule has 0 aliphatic carbocycles. The van der Waals surface area contributed by atoms with Crippen LogP contribution in [0.3, 0.4) is 0 Å². The van der Waals surface area contributed by atoms with E-state index >= 15 is 0 Å². The zero-order valence-corrected chi connectivity index (χ0v) is 13.2. The third-order valence-electron chi connectivity index (χ3n) is 4.18. The molecule has 18 heavy (non-hydrogen) atoms. The summed E-state index contributed by atoms with van der Waals surface area (Å²) in [5, 5.41) is 0. The van der Waals surface area contributed by atoms with Crippen molar-refractivity contribution in [3.05, 3.63) is 0 Å². The number of methoxy groups -OCH3 is 1. The third-order valence-corrected chi connectivity index (χ3v) is 4.18. The zero-order chi connectivity index (χ0) is 14.0. The average molecular weight is 258 g/mol. The van der Waals surface area contributed by atoms with E-state index in [-0.39, 0.29) is 5.54 Å². The zero-order valence-electron chi connectivity index (χ0n) is 13.2. The van der Waals surface area contributed by atoms with Crippen LogP contribution >= 0.6 is 0 Å². The Morgan fingerprint density at radius 1 is 1.22 bits per heavy atom. The molecule has 2 atom stereocenters. The quantitative estimate of drug-likeness (QED) is 0.579. The molecule has 0 radical (unpaired) electrons. The van der Waals surface area contributed by atoms with Gasteiger partial charge in [-0.3, -0.25) is 4.90 Å². The summed E-state index contributed by atoms with van der Waals surface area (Å²) in [7, 11) is 3.93. The molecule has 3 heteroatoms. The molecule has 3 nitrogen and oxygen atoms in total. The molecular weight excluding hydrogens is 224 g/mol. The Balaban J connectivity index is 4.14. The van der Waals surface area contributed by atoms with Crippen molar-refractivity contribution >= 4 is 0 Å². The highest BCUT2D eigenvalue weighted by atomic mass is 16.5. The molecule has 0 saturated heterocycles. The number of hydrogen-bond acceptors (Lipinski definition) is 3. The van der Waals surface area contributed by atoms with E-state index < -0.39 is 0 Å². The molecule has 0 bridgehead atoms. The highest BCUT2D eigenvalue weighted by molar-refractivity contribution is 4.88. The van der Waals surface area contributed by atoms with E-state index in [0.717, 1.165) is 6.61 Å². The number of nitrogens with two attached hydrogens (primary N) is 1. The topological polar surface area (TPSA) is 38.5 Å². The fourth-order valence-corrected chi connectivity index (χ4v) is 2.42. The third kappa shape index (κ3) is 6.17. The first-order valence-electron chi connectivity index (χ1n) is 7.43. The van der Waals surface area contributed by atoms with Crippen LogP contribution in [-0.4, -0.2) is 43.8 Å². The van der Waals surface area contributed by atoms with Crippen molar-refractivity contribution in [2.24, 2.45) is 5.73 Å². The summed E-state index contributed by atoms with van der Waals surface area (Å²) in [5.41, 5.74) is 6.10. The van der Waals surface area contributed by atoms with Crippen LogP contribution in [0.4, 0.5) is 0 Å². The maximum Gasteiger partial charge on any atom is 0.0615 e. The van der Waals surface area contributed by atoms with Gasteiger partial charge in [-0.05, 0) is 27.3 Å². The van der Waals surface area contributed by atoms with Gasteiger partial charge >= 0.3 is 0 Å². The molecule has 0 aromatic carbocycles. The van der Waals surface area contributed by atoms with E-state index in [1.165, 1.54) is 38.5 Å². The molecule has 0 aromatic rings. The van der Waals surface area contributed by atoms with Gasteiger partial charge in [0.25, 0.3) is 0 Å². The molecule has 0 saturated carbocycles. The van der Waals surface area contributed by atoms with Gasteiger partial charge in [0.05, 0.1) is 6.61 Å². The maximum atomic E-state index is 6.00. The van der Waals surface area contributed by atoms with Gasteiger partial charge in [-0.2, -0.15) is 0 Å². The molecule has 0 rings (SSSR count). The first-order valence-corrected chi connectivity index (χ1v) is 7.43. The molecule has 2 unspecified atom stereocenters. The van der Waals surface area contributed by atoms with Crippen LogP contribution in [0.1, 0.15) is 59.3 Å². The number of rotatable bonds is 11. The monoisotopic (exact) mass is 258 g/mol. The Bertz CT molecular complexity index is 199. The van der Waals surface area contributed by atoms with Crippen molar-refractivity contribution in [1.82, 2.24) is 4.90 Å². The fraction of sp³-hybridized carbons (Fsp3) is 1.00. The molecule has 0 spiro atoms. The maximum absolute atomic E-state index is 6.00. The summed E-state index contributed by atoms with van der Waals surface area (Å²) in [5.74, 6) is 0. The summed E-state index contributed by atoms with van der Waals surface area (Å²) in [6, 6.07) is 0.416. The van der Waals surface area contributed by atoms with Crippen LogP contribution in [0, 0.1) is 0 Å². The Kier molecular flexibility index (Phi) is 9.70. The first kappa shape index (κ1) is 17.9. The van der Waals surface area contributed by atoms with Gasteiger partial charge in [-0.25, -0.2) is 0 Å². The minimum absolute atomic E-state index is 0.101. The number of likely N-dealkylation sites (N-methyl/N-ethyl adjacent to an activating group) is 1. The van der Waals surface area contributed by atoms with Crippen molar-refractivity contribution in [2.75, 3.05) is 27.3 Å². The second-order valence-electron chi connectivity index (χ2n) is 5.78. The number of hydrogen-bond donors (Lipinski definition) is 1. The normalized spacial score (nSPS) is 16.8. The van der Waals surface area contributed by atoms with Gasteiger partial charge in [0.2, 0.25) is 0 Å². The van der Waals surface area contributed by atoms with Crippen LogP contribution in [0.25, 0.3) is 0 Å². The molecule has 0 aliphatic rings. The van der Waals surface area contributed by atoms with Crippen LogP contribution in [-0.2, 0) is 4.74 Å². The highest BCUT2D eigenvalue weighted by Gasteiger charge is 2.30. The van der Waals surface area contributed by atoms with Crippen molar-refractivity contribution in [3.8, 4) is 0 Å². The predicted molar refractivity (Wildman–Crippen MR) is 79.9 cm³/mol. The molecule has 0 amide bonds. The Morgan fingerprint density at radius 3 is 2.33 bits per heavy atom. The molecule has 0 fully saturated rings. The lowest BCUT2D eigenvalue weighted by atomic mass is 9.91. The Labute approximate surface area is 114 Å². The van der Waals surface area contributed by atoms with E-state index in [1.807, 2.05) is 0 Å². The highest BCUT2D eigenvalue weighted by Crippen LogP contribution is 2.23. The fourth-order valence-electron chi connectivity index (χ4n) is 2.42. The standard InChI is InChI=1S/C15H34N2O/c1-6-7-8-9-10-11-15(3,13-16)17(4)14(2)12-18-5/h14H,6-13,16H2,1-5H3. The summed E-state index contributed by atoms with van der Waals surface area (Å²) >= 11 is 0. The molecule has 0 aromatic heterocycles. The minimum atomic E-state index is 0.101. The van der Waals surface area contributed by atoms with Crippen molar-refractivity contribution < 1.29 is 4.74 Å². The van der Waals surface area contributed by atoms with Gasteiger partial charge in [-0.15, -0.1) is 0 Å². The Morgan fingerprint density at radius 2 is 1.83 bits per heavy atom. The van der Waals surface area contributed by atoms with E-state index in [2.05, 4.69) is 32.7 Å². The van der Waals surface area contributed by atoms with E-state index in [0.29, 0.717) is 12.6 Å². The van der Waals surface area contributed by atoms with Gasteiger partial charge in [-0.1, -0.05) is 39.0 Å². The number of nitrogens with zero attached hydrogens (tertiary/aromatic N) is 1. The first-order chi connectivity index (χ1) is 8.51. The lowest BCUT2D eigenvalue weighted by Crippen LogP contribution is -2.54. The smallest absolute Gasteiger partial charge is 0.0615 e. The van der Waals surface area contributed by atoms with E-state index in [1.54, 1.807) is 7.11 Å². The van der Waals surface area contributed by atoms with Crippen LogP contribution in [0.2, 0.25) is 0 Å². The summed E-state index contributed by atoms with van der Waals surface area (Å²) in [4.78, 5) is 2.39. The molecular formula is C15H34N2O. The van der Waals surface area contributed by atoms with Crippen molar-refractivity contribution in [3.63, 3.8) is 0 Å². The molecule has 2 N–H and O–H groups in total. The summed E-state index contributed by atoms with van der Waals surface area (Å²) < 4.78 is 5.24. The SMILES string of the molecule is CCCCCCCC(C)(CN)N(C)C(C)COC. The predicted octanol–water partition coefficient (Wildman–Crippen LogP) is 3.03. The largest absolute Gasteiger partial charge is 0.383 e. The van der Waals surface area contributed by atoms with Gasteiger partial charge < -0.3 is 10.5 Å². The lowest BCUT2D eigenvalue weighted by Gasteiger charge is -2.42. The summed E-state index contributed by atoms with van der Waals surface area (Å²) in [6.07, 6.45) is 7.80. The molecule has 0 aliphatic heterocycles. The molecule has 110 valence electrons. The number of unbranched alkanes of at least 4 members (excludes halogenated alkanes) is 4. The van der Waals surface area contributed by atoms with Crippen molar-refractivity contribution in [2.45, 2.75) is 70.9 Å². The van der Waals surface area contributed by atoms with Gasteiger partial charge in [0.15, 0.2) is 0 Å². The summed E-state index contributed by atoms with van der Waals surface area (Å²) in [6.45, 7) is 8.21. The van der Waals surface area contributed by atoms with Crippen LogP contribution in [0.15, 0.2) is 0 Å². The minimum Gasteiger partial charge on any atom is -0.383 e. The van der Waals surface area contributed by atoms with Crippen LogP contribution < -0.4 is 5.73 Å². The van der Waals surface area contributed by atoms with E-state index in [9.17, 15) is 0 Å². The average Bonchev–Trinajstić information content (AvgIpc) is 2.37. The van der Waals surface area contributed by atoms with Gasteiger partial charge in [0, 0.05) is 25.2 Å². The lowest BCUT2D eigenvalue weighted by molar-refractivity contribution is 0.0414. The second kappa shape index (κ2) is 9.76. The molecule has 0 heterocycles.